The van der Waals surface area contributed by atoms with Crippen LogP contribution < -0.4 is 15.0 Å². The maximum Gasteiger partial charge on any atom is 0.231 e. The Morgan fingerprint density at radius 2 is 1.87 bits per heavy atom. The van der Waals surface area contributed by atoms with E-state index >= 15 is 0 Å². The van der Waals surface area contributed by atoms with E-state index in [1.54, 1.807) is 6.33 Å². The Morgan fingerprint density at radius 1 is 1.03 bits per heavy atom. The van der Waals surface area contributed by atoms with Crippen molar-refractivity contribution in [3.8, 4) is 16.9 Å². The molecule has 1 amide bonds. The van der Waals surface area contributed by atoms with Crippen LogP contribution in [0.15, 0.2) is 85.3 Å². The SMILES string of the molecule is Cc1ccc(OC2NCCCC2C(=O)N2CCN(Cc3cnc[nH]3)c3ccc(-c4ccccc4)cc3C2)cc1. The third-order valence-electron chi connectivity index (χ3n) is 7.76. The predicted octanol–water partition coefficient (Wildman–Crippen LogP) is 5.14. The van der Waals surface area contributed by atoms with Crippen molar-refractivity contribution in [2.75, 3.05) is 24.5 Å². The van der Waals surface area contributed by atoms with Crippen molar-refractivity contribution < 1.29 is 9.53 Å². The molecule has 6 rings (SSSR count). The molecule has 1 saturated heterocycles. The van der Waals surface area contributed by atoms with Gasteiger partial charge in [-0.15, -0.1) is 0 Å². The number of H-pyrrole nitrogens is 1. The zero-order valence-corrected chi connectivity index (χ0v) is 22.3. The molecule has 0 radical (unpaired) electrons. The lowest BCUT2D eigenvalue weighted by atomic mass is 9.95. The number of aromatic amines is 1. The monoisotopic (exact) mass is 521 g/mol. The summed E-state index contributed by atoms with van der Waals surface area (Å²) in [6.45, 7) is 5.58. The number of hydrogen-bond acceptors (Lipinski definition) is 5. The third kappa shape index (κ3) is 5.68. The lowest BCUT2D eigenvalue weighted by Gasteiger charge is -2.35. The lowest BCUT2D eigenvalue weighted by molar-refractivity contribution is -0.141. The second kappa shape index (κ2) is 11.3. The standard InChI is InChI=1S/C32H35N5O2/c1-23-9-12-28(13-10-23)39-31-29(8-5-15-34-31)32(38)37-17-16-36(21-27-19-33-22-35-27)30-14-11-25(18-26(30)20-37)24-6-3-2-4-7-24/h2-4,6-7,9-14,18-19,22,29,31,34H,5,8,15-17,20-21H2,1H3,(H,33,35). The van der Waals surface area contributed by atoms with Crippen LogP contribution in [0.2, 0.25) is 0 Å². The van der Waals surface area contributed by atoms with Crippen molar-refractivity contribution in [1.82, 2.24) is 20.2 Å². The van der Waals surface area contributed by atoms with Crippen LogP contribution in [0, 0.1) is 12.8 Å². The zero-order chi connectivity index (χ0) is 26.6. The van der Waals surface area contributed by atoms with Crippen LogP contribution in [0.25, 0.3) is 11.1 Å². The highest BCUT2D eigenvalue weighted by Gasteiger charge is 2.36. The van der Waals surface area contributed by atoms with Crippen LogP contribution in [-0.2, 0) is 17.9 Å². The van der Waals surface area contributed by atoms with E-state index in [4.69, 9.17) is 4.74 Å². The van der Waals surface area contributed by atoms with E-state index in [-0.39, 0.29) is 18.1 Å². The smallest absolute Gasteiger partial charge is 0.231 e. The van der Waals surface area contributed by atoms with Crippen molar-refractivity contribution in [1.29, 1.82) is 0 Å². The molecule has 2 aliphatic rings. The van der Waals surface area contributed by atoms with E-state index in [1.165, 1.54) is 11.1 Å². The van der Waals surface area contributed by atoms with Gasteiger partial charge in [0.05, 0.1) is 24.5 Å². The maximum atomic E-state index is 14.1. The molecule has 2 aliphatic heterocycles. The highest BCUT2D eigenvalue weighted by molar-refractivity contribution is 5.80. The normalized spacial score (nSPS) is 19.3. The van der Waals surface area contributed by atoms with Crippen LogP contribution >= 0.6 is 0 Å². The van der Waals surface area contributed by atoms with Crippen LogP contribution in [-0.4, -0.2) is 46.6 Å². The first-order valence-corrected chi connectivity index (χ1v) is 13.8. The zero-order valence-electron chi connectivity index (χ0n) is 22.3. The molecular weight excluding hydrogens is 486 g/mol. The van der Waals surface area contributed by atoms with Gasteiger partial charge in [0.15, 0.2) is 6.23 Å². The van der Waals surface area contributed by atoms with Crippen LogP contribution in [0.4, 0.5) is 5.69 Å². The van der Waals surface area contributed by atoms with Gasteiger partial charge in [0.2, 0.25) is 5.91 Å². The molecule has 0 saturated carbocycles. The number of rotatable bonds is 6. The summed E-state index contributed by atoms with van der Waals surface area (Å²) < 4.78 is 6.32. The first-order valence-electron chi connectivity index (χ1n) is 13.8. The fourth-order valence-electron chi connectivity index (χ4n) is 5.64. The quantitative estimate of drug-likeness (QED) is 0.368. The number of fused-ring (bicyclic) bond motifs is 1. The molecule has 2 unspecified atom stereocenters. The van der Waals surface area contributed by atoms with E-state index in [2.05, 4.69) is 69.6 Å². The molecule has 39 heavy (non-hydrogen) atoms. The Balaban J connectivity index is 1.28. The van der Waals surface area contributed by atoms with Gasteiger partial charge in [0.25, 0.3) is 0 Å². The topological polar surface area (TPSA) is 73.5 Å². The van der Waals surface area contributed by atoms with Gasteiger partial charge in [-0.25, -0.2) is 4.98 Å². The van der Waals surface area contributed by atoms with Crippen molar-refractivity contribution in [3.05, 3.63) is 102 Å². The molecule has 1 fully saturated rings. The summed E-state index contributed by atoms with van der Waals surface area (Å²) in [4.78, 5) is 25.9. The molecule has 4 aromatic rings. The molecule has 1 aromatic heterocycles. The number of nitrogens with one attached hydrogen (secondary N) is 2. The minimum absolute atomic E-state index is 0.152. The van der Waals surface area contributed by atoms with Gasteiger partial charge >= 0.3 is 0 Å². The molecule has 3 heterocycles. The molecule has 2 atom stereocenters. The molecule has 200 valence electrons. The van der Waals surface area contributed by atoms with E-state index in [9.17, 15) is 4.79 Å². The second-order valence-electron chi connectivity index (χ2n) is 10.5. The summed E-state index contributed by atoms with van der Waals surface area (Å²) in [7, 11) is 0. The van der Waals surface area contributed by atoms with Gasteiger partial charge in [-0.1, -0.05) is 54.1 Å². The molecule has 2 N–H and O–H groups in total. The van der Waals surface area contributed by atoms with Crippen molar-refractivity contribution in [2.45, 2.75) is 39.1 Å². The molecule has 0 aliphatic carbocycles. The summed E-state index contributed by atoms with van der Waals surface area (Å²) in [5.74, 6) is 0.705. The number of anilines is 1. The molecule has 0 spiro atoms. The Hall–Kier alpha value is -4.10. The first kappa shape index (κ1) is 25.2. The van der Waals surface area contributed by atoms with Gasteiger partial charge in [-0.05, 0) is 67.3 Å². The second-order valence-corrected chi connectivity index (χ2v) is 10.5. The molecular formula is C32H35N5O2. The summed E-state index contributed by atoms with van der Waals surface area (Å²) in [5, 5.41) is 3.46. The fourth-order valence-corrected chi connectivity index (χ4v) is 5.64. The number of hydrogen-bond donors (Lipinski definition) is 2. The number of carbonyl (C=O) groups is 1. The van der Waals surface area contributed by atoms with E-state index in [0.717, 1.165) is 54.2 Å². The van der Waals surface area contributed by atoms with Gasteiger partial charge in [0.1, 0.15) is 5.75 Å². The van der Waals surface area contributed by atoms with Crippen LogP contribution in [0.1, 0.15) is 29.7 Å². The number of piperidine rings is 1. The first-order chi connectivity index (χ1) is 19.1. The largest absolute Gasteiger partial charge is 0.475 e. The number of amides is 1. The fraction of sp³-hybridized carbons (Fsp3) is 0.312. The van der Waals surface area contributed by atoms with Gasteiger partial charge in [-0.2, -0.15) is 0 Å². The Bertz CT molecular complexity index is 1390. The minimum atomic E-state index is -0.339. The Labute approximate surface area is 229 Å². The van der Waals surface area contributed by atoms with E-state index < -0.39 is 0 Å². The van der Waals surface area contributed by atoms with Gasteiger partial charge in [-0.3, -0.25) is 10.1 Å². The number of aryl methyl sites for hydroxylation is 1. The van der Waals surface area contributed by atoms with Crippen molar-refractivity contribution in [3.63, 3.8) is 0 Å². The lowest BCUT2D eigenvalue weighted by Crippen LogP contribution is -2.52. The number of ether oxygens (including phenoxy) is 1. The van der Waals surface area contributed by atoms with Crippen molar-refractivity contribution >= 4 is 11.6 Å². The maximum absolute atomic E-state index is 14.1. The Kier molecular flexibility index (Phi) is 7.32. The number of imidazole rings is 1. The summed E-state index contributed by atoms with van der Waals surface area (Å²) >= 11 is 0. The van der Waals surface area contributed by atoms with Crippen molar-refractivity contribution in [2.24, 2.45) is 5.92 Å². The van der Waals surface area contributed by atoms with E-state index in [1.807, 2.05) is 41.4 Å². The van der Waals surface area contributed by atoms with Crippen LogP contribution in [0.5, 0.6) is 5.75 Å². The molecule has 0 bridgehead atoms. The van der Waals surface area contributed by atoms with Gasteiger partial charge < -0.3 is 19.5 Å². The minimum Gasteiger partial charge on any atom is -0.475 e. The van der Waals surface area contributed by atoms with Gasteiger partial charge in [0, 0.05) is 31.5 Å². The Morgan fingerprint density at radius 3 is 2.67 bits per heavy atom. The number of benzene rings is 3. The number of aromatic nitrogens is 2. The molecule has 7 nitrogen and oxygen atoms in total. The highest BCUT2D eigenvalue weighted by atomic mass is 16.5. The molecule has 7 heteroatoms. The number of carbonyl (C=O) groups excluding carboxylic acids is 1. The summed E-state index contributed by atoms with van der Waals surface area (Å²) in [5.41, 5.74) is 6.88. The number of nitrogens with zero attached hydrogens (tertiary/aromatic N) is 3. The third-order valence-corrected chi connectivity index (χ3v) is 7.76. The molecule has 3 aromatic carbocycles. The average Bonchev–Trinajstić information content (AvgIpc) is 3.42. The predicted molar refractivity (Wildman–Crippen MR) is 153 cm³/mol. The summed E-state index contributed by atoms with van der Waals surface area (Å²) in [6, 6.07) is 25.1. The van der Waals surface area contributed by atoms with E-state index in [0.29, 0.717) is 19.6 Å². The highest BCUT2D eigenvalue weighted by Crippen LogP contribution is 2.33. The average molecular weight is 522 g/mol. The van der Waals surface area contributed by atoms with Crippen LogP contribution in [0.3, 0.4) is 0 Å². The summed E-state index contributed by atoms with van der Waals surface area (Å²) in [6.07, 6.45) is 5.01.